The van der Waals surface area contributed by atoms with Gasteiger partial charge < -0.3 is 0 Å². The van der Waals surface area contributed by atoms with Gasteiger partial charge in [0.1, 0.15) is 12.1 Å². The molecule has 11 heavy (non-hydrogen) atoms. The third kappa shape index (κ3) is 1.02. The zero-order valence-corrected chi connectivity index (χ0v) is 5.53. The molecule has 2 rings (SSSR count). The highest BCUT2D eigenvalue weighted by Crippen LogP contribution is 2.06. The molecule has 0 atom stereocenters. The minimum atomic E-state index is -0.368. The lowest BCUT2D eigenvalue weighted by Crippen LogP contribution is -1.85. The second-order valence-electron chi connectivity index (χ2n) is 2.09. The van der Waals surface area contributed by atoms with Gasteiger partial charge in [0.15, 0.2) is 5.65 Å². The van der Waals surface area contributed by atoms with Gasteiger partial charge in [-0.15, -0.1) is 0 Å². The zero-order chi connectivity index (χ0) is 7.68. The summed E-state index contributed by atoms with van der Waals surface area (Å²) in [5, 5.41) is 0.618. The highest BCUT2D eigenvalue weighted by Gasteiger charge is 1.95. The van der Waals surface area contributed by atoms with Crippen LogP contribution in [0.25, 0.3) is 11.0 Å². The predicted molar refractivity (Wildman–Crippen MR) is 37.3 cm³/mol. The van der Waals surface area contributed by atoms with E-state index >= 15 is 0 Å². The smallest absolute Gasteiger partial charge is 0.162 e. The maximum absolute atomic E-state index is 12.5. The van der Waals surface area contributed by atoms with Crippen LogP contribution < -0.4 is 0 Å². The summed E-state index contributed by atoms with van der Waals surface area (Å²) in [6, 6.07) is 1.35. The van der Waals surface area contributed by atoms with E-state index in [-0.39, 0.29) is 5.82 Å². The number of pyridine rings is 1. The summed E-state index contributed by atoms with van der Waals surface area (Å²) in [7, 11) is 0. The van der Waals surface area contributed by atoms with Crippen molar-refractivity contribution < 1.29 is 4.39 Å². The molecule has 0 aliphatic rings. The second-order valence-corrected chi connectivity index (χ2v) is 2.09. The van der Waals surface area contributed by atoms with Crippen molar-refractivity contribution in [1.82, 2.24) is 15.0 Å². The molecule has 0 N–H and O–H groups in total. The van der Waals surface area contributed by atoms with E-state index < -0.39 is 0 Å². The normalized spacial score (nSPS) is 10.3. The molecular formula is C7H4FN3. The molecule has 0 amide bonds. The summed E-state index contributed by atoms with van der Waals surface area (Å²) in [5.74, 6) is -0.368. The van der Waals surface area contributed by atoms with E-state index in [0.717, 1.165) is 6.20 Å². The van der Waals surface area contributed by atoms with Crippen LogP contribution in [0, 0.1) is 5.82 Å². The maximum Gasteiger partial charge on any atom is 0.162 e. The lowest BCUT2D eigenvalue weighted by molar-refractivity contribution is 0.624. The maximum atomic E-state index is 12.5. The first-order valence-corrected chi connectivity index (χ1v) is 3.07. The molecule has 2 aromatic heterocycles. The van der Waals surface area contributed by atoms with Crippen molar-refractivity contribution in [2.45, 2.75) is 0 Å². The summed E-state index contributed by atoms with van der Waals surface area (Å²) in [6.07, 6.45) is 4.04. The Hall–Kier alpha value is -1.58. The highest BCUT2D eigenvalue weighted by atomic mass is 19.1. The lowest BCUT2D eigenvalue weighted by Gasteiger charge is -1.92. The zero-order valence-electron chi connectivity index (χ0n) is 5.53. The number of hydrogen-bond acceptors (Lipinski definition) is 3. The number of halogens is 1. The van der Waals surface area contributed by atoms with Crippen LogP contribution in [-0.4, -0.2) is 15.0 Å². The van der Waals surface area contributed by atoms with E-state index in [9.17, 15) is 4.39 Å². The molecular weight excluding hydrogens is 145 g/mol. The molecule has 0 aliphatic heterocycles. The quantitative estimate of drug-likeness (QED) is 0.564. The molecule has 2 heterocycles. The van der Waals surface area contributed by atoms with Crippen LogP contribution in [0.4, 0.5) is 4.39 Å². The van der Waals surface area contributed by atoms with Crippen molar-refractivity contribution in [2.24, 2.45) is 0 Å². The third-order valence-electron chi connectivity index (χ3n) is 1.32. The first kappa shape index (κ1) is 6.15. The van der Waals surface area contributed by atoms with Gasteiger partial charge in [-0.05, 0) is 6.07 Å². The molecule has 0 fully saturated rings. The van der Waals surface area contributed by atoms with Crippen LogP contribution in [-0.2, 0) is 0 Å². The largest absolute Gasteiger partial charge is 0.244 e. The van der Waals surface area contributed by atoms with E-state index in [1.54, 1.807) is 0 Å². The Labute approximate surface area is 61.9 Å². The Kier molecular flexibility index (Phi) is 1.25. The minimum absolute atomic E-state index is 0.368. The highest BCUT2D eigenvalue weighted by molar-refractivity contribution is 5.72. The number of aromatic nitrogens is 3. The molecule has 0 aliphatic carbocycles. The van der Waals surface area contributed by atoms with Crippen molar-refractivity contribution in [3.05, 3.63) is 30.6 Å². The first-order valence-electron chi connectivity index (χ1n) is 3.07. The topological polar surface area (TPSA) is 38.7 Å². The summed E-state index contributed by atoms with van der Waals surface area (Å²) in [4.78, 5) is 11.3. The Bertz CT molecular complexity index is 388. The van der Waals surface area contributed by atoms with Crippen LogP contribution in [0.15, 0.2) is 24.8 Å². The van der Waals surface area contributed by atoms with Crippen molar-refractivity contribution >= 4 is 11.0 Å². The Balaban J connectivity index is 2.83. The van der Waals surface area contributed by atoms with Crippen molar-refractivity contribution in [3.8, 4) is 0 Å². The summed E-state index contributed by atoms with van der Waals surface area (Å²) < 4.78 is 12.5. The van der Waals surface area contributed by atoms with Crippen LogP contribution in [0.2, 0.25) is 0 Å². The molecule has 0 bridgehead atoms. The van der Waals surface area contributed by atoms with Gasteiger partial charge in [-0.2, -0.15) is 0 Å². The van der Waals surface area contributed by atoms with E-state index in [2.05, 4.69) is 15.0 Å². The average Bonchev–Trinajstić information content (AvgIpc) is 2.04. The predicted octanol–water partition coefficient (Wildman–Crippen LogP) is 1.16. The molecule has 3 nitrogen and oxygen atoms in total. The fourth-order valence-corrected chi connectivity index (χ4v) is 0.852. The van der Waals surface area contributed by atoms with Crippen LogP contribution in [0.1, 0.15) is 0 Å². The lowest BCUT2D eigenvalue weighted by atomic mass is 10.3. The van der Waals surface area contributed by atoms with E-state index in [1.165, 1.54) is 18.6 Å². The van der Waals surface area contributed by atoms with Crippen LogP contribution >= 0.6 is 0 Å². The summed E-state index contributed by atoms with van der Waals surface area (Å²) in [5.41, 5.74) is 0.515. The molecule has 0 saturated heterocycles. The van der Waals surface area contributed by atoms with E-state index in [4.69, 9.17) is 0 Å². The van der Waals surface area contributed by atoms with Gasteiger partial charge in [-0.25, -0.2) is 19.3 Å². The number of rotatable bonds is 0. The molecule has 0 aromatic carbocycles. The Morgan fingerprint density at radius 3 is 3.00 bits per heavy atom. The standard InChI is InChI=1S/C7H4FN3/c8-6-1-5-2-9-4-11-7(5)10-3-6/h1-4H. The molecule has 2 aromatic rings. The minimum Gasteiger partial charge on any atom is -0.244 e. The number of nitrogens with zero attached hydrogens (tertiary/aromatic N) is 3. The first-order chi connectivity index (χ1) is 5.36. The van der Waals surface area contributed by atoms with Gasteiger partial charge in [0.2, 0.25) is 0 Å². The summed E-state index contributed by atoms with van der Waals surface area (Å²) in [6.45, 7) is 0. The monoisotopic (exact) mass is 149 g/mol. The van der Waals surface area contributed by atoms with Crippen molar-refractivity contribution in [1.29, 1.82) is 0 Å². The molecule has 4 heteroatoms. The van der Waals surface area contributed by atoms with E-state index in [1.807, 2.05) is 0 Å². The van der Waals surface area contributed by atoms with Gasteiger partial charge in [-0.3, -0.25) is 0 Å². The van der Waals surface area contributed by atoms with Crippen molar-refractivity contribution in [2.75, 3.05) is 0 Å². The van der Waals surface area contributed by atoms with Crippen LogP contribution in [0.3, 0.4) is 0 Å². The number of fused-ring (bicyclic) bond motifs is 1. The summed E-state index contributed by atoms with van der Waals surface area (Å²) >= 11 is 0. The van der Waals surface area contributed by atoms with Gasteiger partial charge in [-0.1, -0.05) is 0 Å². The third-order valence-corrected chi connectivity index (χ3v) is 1.32. The molecule has 0 unspecified atom stereocenters. The molecule has 0 radical (unpaired) electrons. The second kappa shape index (κ2) is 2.23. The van der Waals surface area contributed by atoms with E-state index in [0.29, 0.717) is 11.0 Å². The van der Waals surface area contributed by atoms with Gasteiger partial charge >= 0.3 is 0 Å². The SMILES string of the molecule is Fc1cnc2ncncc2c1. The fourth-order valence-electron chi connectivity index (χ4n) is 0.852. The number of hydrogen-bond donors (Lipinski definition) is 0. The average molecular weight is 149 g/mol. The Morgan fingerprint density at radius 2 is 2.09 bits per heavy atom. The molecule has 0 saturated carbocycles. The molecule has 54 valence electrons. The van der Waals surface area contributed by atoms with Crippen molar-refractivity contribution in [3.63, 3.8) is 0 Å². The fraction of sp³-hybridized carbons (Fsp3) is 0. The van der Waals surface area contributed by atoms with Gasteiger partial charge in [0, 0.05) is 11.6 Å². The molecule has 0 spiro atoms. The van der Waals surface area contributed by atoms with Gasteiger partial charge in [0.25, 0.3) is 0 Å². The van der Waals surface area contributed by atoms with Gasteiger partial charge in [0.05, 0.1) is 6.20 Å². The Morgan fingerprint density at radius 1 is 1.18 bits per heavy atom. The van der Waals surface area contributed by atoms with Crippen LogP contribution in [0.5, 0.6) is 0 Å².